The third kappa shape index (κ3) is 8.18. The maximum absolute atomic E-state index is 13.0. The summed E-state index contributed by atoms with van der Waals surface area (Å²) in [7, 11) is 0. The van der Waals surface area contributed by atoms with Gasteiger partial charge in [0.15, 0.2) is 0 Å². The Labute approximate surface area is 231 Å². The zero-order valence-corrected chi connectivity index (χ0v) is 22.7. The van der Waals surface area contributed by atoms with E-state index in [4.69, 9.17) is 0 Å². The van der Waals surface area contributed by atoms with Crippen molar-refractivity contribution in [2.24, 2.45) is 0 Å². The number of thioether (sulfide) groups is 1. The first-order valence-corrected chi connectivity index (χ1v) is 13.9. The Morgan fingerprint density at radius 3 is 2.19 bits per heavy atom. The van der Waals surface area contributed by atoms with Crippen LogP contribution in [0.2, 0.25) is 0 Å². The second-order valence-corrected chi connectivity index (χ2v) is 10.5. The highest BCUT2D eigenvalue weighted by Crippen LogP contribution is 2.22. The molecule has 1 heterocycles. The van der Waals surface area contributed by atoms with Gasteiger partial charge in [0.25, 0.3) is 11.8 Å². The Balaban J connectivity index is 1.36. The molecule has 0 saturated heterocycles. The summed E-state index contributed by atoms with van der Waals surface area (Å²) in [6.07, 6.45) is 1.64. The van der Waals surface area contributed by atoms with E-state index in [2.05, 4.69) is 31.9 Å². The second kappa shape index (κ2) is 13.0. The van der Waals surface area contributed by atoms with Crippen LogP contribution in [0.25, 0.3) is 6.08 Å². The van der Waals surface area contributed by atoms with Gasteiger partial charge in [-0.15, -0.1) is 11.8 Å². The fourth-order valence-corrected chi connectivity index (χ4v) is 4.76. The zero-order valence-electron chi connectivity index (χ0n) is 19.4. The Morgan fingerprint density at radius 2 is 1.51 bits per heavy atom. The van der Waals surface area contributed by atoms with Gasteiger partial charge in [0, 0.05) is 26.3 Å². The predicted octanol–water partition coefficient (Wildman–Crippen LogP) is 6.65. The molecule has 0 unspecified atom stereocenters. The van der Waals surface area contributed by atoms with E-state index in [1.165, 1.54) is 23.1 Å². The van der Waals surface area contributed by atoms with Gasteiger partial charge in [-0.25, -0.2) is 0 Å². The topological polar surface area (TPSA) is 87.3 Å². The first kappa shape index (κ1) is 26.4. The van der Waals surface area contributed by atoms with Crippen molar-refractivity contribution < 1.29 is 14.4 Å². The number of nitrogens with one attached hydrogen (secondary N) is 3. The monoisotopic (exact) mass is 591 g/mol. The van der Waals surface area contributed by atoms with Gasteiger partial charge in [0.2, 0.25) is 5.91 Å². The minimum absolute atomic E-state index is 0.109. The van der Waals surface area contributed by atoms with Crippen LogP contribution < -0.4 is 16.0 Å². The predicted molar refractivity (Wildman–Crippen MR) is 155 cm³/mol. The Hall–Kier alpha value is -3.66. The van der Waals surface area contributed by atoms with Crippen LogP contribution >= 0.6 is 39.0 Å². The number of anilines is 2. The number of halogens is 1. The largest absolute Gasteiger partial charge is 0.325 e. The molecule has 0 atom stereocenters. The molecule has 6 nitrogen and oxygen atoms in total. The molecule has 4 rings (SSSR count). The molecule has 3 amide bonds. The molecule has 0 bridgehead atoms. The van der Waals surface area contributed by atoms with Crippen molar-refractivity contribution in [3.8, 4) is 0 Å². The molecule has 0 aliphatic carbocycles. The quantitative estimate of drug-likeness (QED) is 0.150. The smallest absolute Gasteiger partial charge is 0.272 e. The highest BCUT2D eigenvalue weighted by molar-refractivity contribution is 9.10. The van der Waals surface area contributed by atoms with Gasteiger partial charge < -0.3 is 16.0 Å². The molecular weight excluding hydrogens is 570 g/mol. The van der Waals surface area contributed by atoms with Gasteiger partial charge in [0.05, 0.1) is 5.75 Å². The van der Waals surface area contributed by atoms with Crippen LogP contribution in [-0.4, -0.2) is 23.5 Å². The minimum atomic E-state index is -0.440. The molecule has 3 N–H and O–H groups in total. The van der Waals surface area contributed by atoms with Crippen molar-refractivity contribution in [1.29, 1.82) is 0 Å². The summed E-state index contributed by atoms with van der Waals surface area (Å²) >= 11 is 6.26. The molecule has 0 saturated carbocycles. The number of carbonyl (C=O) groups excluding carboxylic acids is 3. The number of amides is 3. The van der Waals surface area contributed by atoms with Crippen LogP contribution in [0.4, 0.5) is 11.4 Å². The van der Waals surface area contributed by atoms with Crippen molar-refractivity contribution in [2.45, 2.75) is 4.90 Å². The van der Waals surface area contributed by atoms with Crippen molar-refractivity contribution >= 4 is 74.2 Å². The van der Waals surface area contributed by atoms with E-state index in [-0.39, 0.29) is 23.3 Å². The van der Waals surface area contributed by atoms with Gasteiger partial charge >= 0.3 is 0 Å². The van der Waals surface area contributed by atoms with E-state index >= 15 is 0 Å². The summed E-state index contributed by atoms with van der Waals surface area (Å²) in [6, 6.07) is 25.2. The summed E-state index contributed by atoms with van der Waals surface area (Å²) in [5.74, 6) is -0.668. The summed E-state index contributed by atoms with van der Waals surface area (Å²) < 4.78 is 0.944. The first-order valence-electron chi connectivity index (χ1n) is 11.2. The van der Waals surface area contributed by atoms with Crippen LogP contribution in [0.1, 0.15) is 15.9 Å². The summed E-state index contributed by atoms with van der Waals surface area (Å²) in [5.41, 5.74) is 2.71. The third-order valence-corrected chi connectivity index (χ3v) is 7.24. The number of thiophene rings is 1. The van der Waals surface area contributed by atoms with Crippen LogP contribution in [0, 0.1) is 0 Å². The average molecular weight is 593 g/mol. The van der Waals surface area contributed by atoms with Crippen molar-refractivity contribution in [3.63, 3.8) is 0 Å². The number of hydrogen-bond donors (Lipinski definition) is 3. The molecule has 0 aliphatic rings. The lowest BCUT2D eigenvalue weighted by atomic mass is 10.2. The number of carbonyl (C=O) groups is 3. The molecule has 37 heavy (non-hydrogen) atoms. The Kier molecular flexibility index (Phi) is 9.31. The van der Waals surface area contributed by atoms with Crippen molar-refractivity contribution in [2.75, 3.05) is 16.4 Å². The Morgan fingerprint density at radius 1 is 0.838 bits per heavy atom. The summed E-state index contributed by atoms with van der Waals surface area (Å²) in [5, 5.41) is 12.2. The lowest BCUT2D eigenvalue weighted by Crippen LogP contribution is -2.30. The van der Waals surface area contributed by atoms with E-state index in [9.17, 15) is 14.4 Å². The number of rotatable bonds is 9. The van der Waals surface area contributed by atoms with Gasteiger partial charge in [0.1, 0.15) is 5.70 Å². The molecule has 3 aromatic carbocycles. The fraction of sp³-hybridized carbons (Fsp3) is 0.0357. The highest BCUT2D eigenvalue weighted by atomic mass is 79.9. The van der Waals surface area contributed by atoms with Gasteiger partial charge in [-0.3, -0.25) is 14.4 Å². The van der Waals surface area contributed by atoms with Gasteiger partial charge in [-0.1, -0.05) is 34.1 Å². The van der Waals surface area contributed by atoms with Gasteiger partial charge in [-0.2, -0.15) is 11.3 Å². The molecule has 0 fully saturated rings. The molecule has 186 valence electrons. The standard InChI is InChI=1S/C28H22BrN3O3S2/c29-21-6-8-22(9-7-21)30-26(33)18-37-24-12-10-23(11-13-24)31-28(35)25(16-19-14-15-36-17-19)32-27(34)20-4-2-1-3-5-20/h1-17H,18H2,(H,30,33)(H,31,35)(H,32,34)/b25-16-. The average Bonchev–Trinajstić information content (AvgIpc) is 3.43. The maximum Gasteiger partial charge on any atom is 0.272 e. The molecule has 0 radical (unpaired) electrons. The van der Waals surface area contributed by atoms with E-state index in [1.807, 2.05) is 59.3 Å². The van der Waals surface area contributed by atoms with E-state index in [0.29, 0.717) is 11.3 Å². The van der Waals surface area contributed by atoms with E-state index in [0.717, 1.165) is 20.6 Å². The number of benzene rings is 3. The molecule has 0 aliphatic heterocycles. The van der Waals surface area contributed by atoms with E-state index in [1.54, 1.807) is 42.5 Å². The molecule has 9 heteroatoms. The summed E-state index contributed by atoms with van der Waals surface area (Å²) in [6.45, 7) is 0. The lowest BCUT2D eigenvalue weighted by Gasteiger charge is -2.11. The van der Waals surface area contributed by atoms with Crippen LogP contribution in [0.15, 0.2) is 111 Å². The zero-order chi connectivity index (χ0) is 26.0. The van der Waals surface area contributed by atoms with Crippen molar-refractivity contribution in [1.82, 2.24) is 5.32 Å². The van der Waals surface area contributed by atoms with Crippen molar-refractivity contribution in [3.05, 3.63) is 117 Å². The lowest BCUT2D eigenvalue weighted by molar-refractivity contribution is -0.114. The van der Waals surface area contributed by atoms with Gasteiger partial charge in [-0.05, 0) is 89.1 Å². The van der Waals surface area contributed by atoms with Crippen LogP contribution in [0.5, 0.6) is 0 Å². The SMILES string of the molecule is O=C(CSc1ccc(NC(=O)/C(=C/c2ccsc2)NC(=O)c2ccccc2)cc1)Nc1ccc(Br)cc1. The summed E-state index contributed by atoms with van der Waals surface area (Å²) in [4.78, 5) is 38.8. The molecule has 0 spiro atoms. The first-order chi connectivity index (χ1) is 18.0. The van der Waals surface area contributed by atoms with Crippen LogP contribution in [-0.2, 0) is 9.59 Å². The highest BCUT2D eigenvalue weighted by Gasteiger charge is 2.15. The fourth-order valence-electron chi connectivity index (χ4n) is 3.18. The molecule has 1 aromatic heterocycles. The molecular formula is C28H22BrN3O3S2. The minimum Gasteiger partial charge on any atom is -0.325 e. The second-order valence-electron chi connectivity index (χ2n) is 7.76. The Bertz CT molecular complexity index is 1390. The third-order valence-electron chi connectivity index (χ3n) is 4.99. The van der Waals surface area contributed by atoms with Crippen LogP contribution in [0.3, 0.4) is 0 Å². The molecule has 4 aromatic rings. The maximum atomic E-state index is 13.0. The number of hydrogen-bond acceptors (Lipinski definition) is 5. The normalized spacial score (nSPS) is 11.0. The van der Waals surface area contributed by atoms with E-state index < -0.39 is 5.91 Å².